The molecule has 11 heteroatoms. The monoisotopic (exact) mass is 562 g/mol. The van der Waals surface area contributed by atoms with Gasteiger partial charge >= 0.3 is 5.97 Å². The topological polar surface area (TPSA) is 109 Å². The molecule has 3 aromatic carbocycles. The molecule has 37 heavy (non-hydrogen) atoms. The first-order valence-corrected chi connectivity index (χ1v) is 13.5. The summed E-state index contributed by atoms with van der Waals surface area (Å²) in [6.45, 7) is 3.08. The molecule has 0 aliphatic carbocycles. The summed E-state index contributed by atoms with van der Waals surface area (Å²) < 4.78 is 40.7. The van der Waals surface area contributed by atoms with Gasteiger partial charge in [0.2, 0.25) is 0 Å². The van der Waals surface area contributed by atoms with Crippen LogP contribution < -0.4 is 0 Å². The summed E-state index contributed by atoms with van der Waals surface area (Å²) in [6.07, 6.45) is 2.46. The van der Waals surface area contributed by atoms with E-state index in [1.165, 1.54) is 61.0 Å². The highest BCUT2D eigenvalue weighted by Gasteiger charge is 2.26. The number of aliphatic hydroxyl groups is 1. The Hall–Kier alpha value is -3.24. The third kappa shape index (κ3) is 5.26. The van der Waals surface area contributed by atoms with Gasteiger partial charge in [-0.3, -0.25) is 4.57 Å². The quantitative estimate of drug-likeness (QED) is 0.299. The van der Waals surface area contributed by atoms with Crippen LogP contribution in [0.15, 0.2) is 65.7 Å². The van der Waals surface area contributed by atoms with Crippen LogP contribution in [0.4, 0.5) is 4.39 Å². The van der Waals surface area contributed by atoms with Crippen molar-refractivity contribution in [3.8, 4) is 28.2 Å². The zero-order valence-corrected chi connectivity index (χ0v) is 22.2. The summed E-state index contributed by atoms with van der Waals surface area (Å²) in [5.74, 6) is -1.84. The van der Waals surface area contributed by atoms with Crippen LogP contribution in [0.25, 0.3) is 28.2 Å². The number of rotatable bonds is 6. The molecule has 1 heterocycles. The van der Waals surface area contributed by atoms with Gasteiger partial charge in [-0.1, -0.05) is 41.4 Å². The van der Waals surface area contributed by atoms with Gasteiger partial charge < -0.3 is 10.2 Å². The van der Waals surface area contributed by atoms with Crippen molar-refractivity contribution in [2.45, 2.75) is 24.3 Å². The smallest absolute Gasteiger partial charge is 0.337 e. The fraction of sp³-hybridized carbons (Fsp3) is 0.154. The van der Waals surface area contributed by atoms with Gasteiger partial charge in [0.1, 0.15) is 17.2 Å². The fourth-order valence-electron chi connectivity index (χ4n) is 3.81. The zero-order valence-electron chi connectivity index (χ0n) is 19.8. The van der Waals surface area contributed by atoms with Gasteiger partial charge in [0, 0.05) is 12.5 Å². The van der Waals surface area contributed by atoms with Crippen molar-refractivity contribution >= 4 is 39.0 Å². The number of carboxylic acid groups (broad SMARTS) is 1. The van der Waals surface area contributed by atoms with Gasteiger partial charge in [0.05, 0.1) is 37.4 Å². The van der Waals surface area contributed by atoms with E-state index in [1.54, 1.807) is 18.2 Å². The maximum absolute atomic E-state index is 14.8. The Bertz CT molecular complexity index is 1640. The predicted octanol–water partition coefficient (Wildman–Crippen LogP) is 5.98. The van der Waals surface area contributed by atoms with Crippen molar-refractivity contribution in [1.82, 2.24) is 9.55 Å². The van der Waals surface area contributed by atoms with Crippen molar-refractivity contribution < 1.29 is 27.8 Å². The zero-order chi connectivity index (χ0) is 27.3. The predicted molar refractivity (Wildman–Crippen MR) is 140 cm³/mol. The van der Waals surface area contributed by atoms with E-state index >= 15 is 0 Å². The third-order valence-electron chi connectivity index (χ3n) is 5.67. The average molecular weight is 563 g/mol. The molecular formula is C26H21Cl2FN2O5S. The van der Waals surface area contributed by atoms with Gasteiger partial charge in [-0.15, -0.1) is 0 Å². The summed E-state index contributed by atoms with van der Waals surface area (Å²) in [5, 5.41) is 20.2. The molecule has 0 spiro atoms. The number of benzene rings is 3. The van der Waals surface area contributed by atoms with E-state index in [1.807, 2.05) is 0 Å². The first-order valence-electron chi connectivity index (χ1n) is 10.8. The lowest BCUT2D eigenvalue weighted by molar-refractivity contribution is 0.0691. The van der Waals surface area contributed by atoms with E-state index in [0.717, 1.165) is 6.26 Å². The second kappa shape index (κ2) is 9.57. The van der Waals surface area contributed by atoms with E-state index in [4.69, 9.17) is 23.2 Å². The molecule has 0 radical (unpaired) electrons. The van der Waals surface area contributed by atoms with Crippen molar-refractivity contribution in [3.63, 3.8) is 0 Å². The number of imidazole rings is 1. The summed E-state index contributed by atoms with van der Waals surface area (Å²) in [6, 6.07) is 13.1. The molecule has 1 aromatic heterocycles. The number of carboxylic acids is 1. The molecule has 7 nitrogen and oxygen atoms in total. The van der Waals surface area contributed by atoms with Gasteiger partial charge in [-0.05, 0) is 61.4 Å². The minimum absolute atomic E-state index is 0.0295. The molecule has 0 amide bonds. The van der Waals surface area contributed by atoms with Gasteiger partial charge in [0.15, 0.2) is 9.84 Å². The highest BCUT2D eigenvalue weighted by molar-refractivity contribution is 7.90. The van der Waals surface area contributed by atoms with Crippen LogP contribution in [0.5, 0.6) is 0 Å². The molecule has 192 valence electrons. The number of carbonyl (C=O) groups is 1. The number of aromatic carboxylic acids is 1. The SMILES string of the molecule is CC(C)(O)c1cn(-c2ccc(-c3ccc(C(=O)O)c(S(C)(=O)=O)c3)cc2Cl)c(-c2c(F)cccc2Cl)n1. The summed E-state index contributed by atoms with van der Waals surface area (Å²) in [5.41, 5.74) is -0.0575. The lowest BCUT2D eigenvalue weighted by Crippen LogP contribution is -2.15. The van der Waals surface area contributed by atoms with Crippen LogP contribution in [0.3, 0.4) is 0 Å². The standard InChI is InChI=1S/C26H21Cl2FN2O5S/c1-26(2,34)22-13-31(24(30-22)23-17(27)5-4-6-19(23)29)20-10-8-14(11-18(20)28)15-7-9-16(25(32)33)21(12-15)37(3,35)36/h4-13,34H,1-3H3,(H,32,33). The Morgan fingerprint density at radius 2 is 1.68 bits per heavy atom. The number of nitrogens with zero attached hydrogens (tertiary/aromatic N) is 2. The molecule has 0 saturated heterocycles. The first kappa shape index (κ1) is 26.8. The van der Waals surface area contributed by atoms with Gasteiger partial charge in [-0.25, -0.2) is 22.6 Å². The Morgan fingerprint density at radius 3 is 2.24 bits per heavy atom. The van der Waals surface area contributed by atoms with Crippen LogP contribution in [0.2, 0.25) is 10.0 Å². The van der Waals surface area contributed by atoms with Crippen LogP contribution in [-0.4, -0.2) is 40.4 Å². The van der Waals surface area contributed by atoms with Crippen LogP contribution >= 0.6 is 23.2 Å². The van der Waals surface area contributed by atoms with E-state index in [9.17, 15) is 27.8 Å². The van der Waals surface area contributed by atoms with Crippen LogP contribution in [0, 0.1) is 5.82 Å². The Kier molecular flexibility index (Phi) is 6.94. The summed E-state index contributed by atoms with van der Waals surface area (Å²) in [7, 11) is -3.82. The molecule has 0 aliphatic rings. The Balaban J connectivity index is 1.89. The molecule has 0 fully saturated rings. The second-order valence-electron chi connectivity index (χ2n) is 8.93. The summed E-state index contributed by atoms with van der Waals surface area (Å²) in [4.78, 5) is 15.6. The molecule has 0 atom stereocenters. The average Bonchev–Trinajstić information content (AvgIpc) is 3.23. The number of sulfone groups is 1. The molecular weight excluding hydrogens is 542 g/mol. The summed E-state index contributed by atoms with van der Waals surface area (Å²) >= 11 is 12.9. The normalized spacial score (nSPS) is 12.1. The van der Waals surface area contributed by atoms with E-state index in [2.05, 4.69) is 4.98 Å². The number of halogens is 3. The van der Waals surface area contributed by atoms with Crippen molar-refractivity contribution in [3.05, 3.63) is 87.9 Å². The number of hydrogen-bond acceptors (Lipinski definition) is 5. The fourth-order valence-corrected chi connectivity index (χ4v) is 5.23. The Labute approximate surface area is 222 Å². The largest absolute Gasteiger partial charge is 0.478 e. The highest BCUT2D eigenvalue weighted by atomic mass is 35.5. The van der Waals surface area contributed by atoms with Crippen LogP contribution in [0.1, 0.15) is 29.9 Å². The maximum atomic E-state index is 14.8. The minimum Gasteiger partial charge on any atom is -0.478 e. The van der Waals surface area contributed by atoms with Gasteiger partial charge in [-0.2, -0.15) is 0 Å². The molecule has 4 rings (SSSR count). The first-order chi connectivity index (χ1) is 17.2. The lowest BCUT2D eigenvalue weighted by Gasteiger charge is -2.14. The molecule has 0 saturated carbocycles. The van der Waals surface area contributed by atoms with Gasteiger partial charge in [0.25, 0.3) is 0 Å². The number of aromatic nitrogens is 2. The van der Waals surface area contributed by atoms with Crippen LogP contribution in [-0.2, 0) is 15.4 Å². The molecule has 0 bridgehead atoms. The van der Waals surface area contributed by atoms with E-state index < -0.39 is 27.2 Å². The van der Waals surface area contributed by atoms with Crippen molar-refractivity contribution in [1.29, 1.82) is 0 Å². The van der Waals surface area contributed by atoms with Crippen molar-refractivity contribution in [2.75, 3.05) is 6.26 Å². The molecule has 2 N–H and O–H groups in total. The second-order valence-corrected chi connectivity index (χ2v) is 11.7. The minimum atomic E-state index is -3.82. The molecule has 0 aliphatic heterocycles. The molecule has 4 aromatic rings. The third-order valence-corrected chi connectivity index (χ3v) is 7.43. The number of hydrogen-bond donors (Lipinski definition) is 2. The van der Waals surface area contributed by atoms with E-state index in [0.29, 0.717) is 16.8 Å². The lowest BCUT2D eigenvalue weighted by atomic mass is 10.0. The molecule has 0 unspecified atom stereocenters. The maximum Gasteiger partial charge on any atom is 0.337 e. The van der Waals surface area contributed by atoms with E-state index in [-0.39, 0.29) is 37.6 Å². The Morgan fingerprint density at radius 1 is 1.03 bits per heavy atom. The highest BCUT2D eigenvalue weighted by Crippen LogP contribution is 2.37. The van der Waals surface area contributed by atoms with Crippen molar-refractivity contribution in [2.24, 2.45) is 0 Å².